The summed E-state index contributed by atoms with van der Waals surface area (Å²) in [5, 5.41) is 12.6. The van der Waals surface area contributed by atoms with Gasteiger partial charge in [0.2, 0.25) is 0 Å². The zero-order chi connectivity index (χ0) is 21.7. The fourth-order valence-electron chi connectivity index (χ4n) is 3.12. The second kappa shape index (κ2) is 9.80. The Bertz CT molecular complexity index is 1030. The second-order valence-electron chi connectivity index (χ2n) is 7.23. The van der Waals surface area contributed by atoms with Crippen molar-refractivity contribution in [3.8, 4) is 5.69 Å². The first kappa shape index (κ1) is 21.9. The van der Waals surface area contributed by atoms with Crippen LogP contribution in [-0.2, 0) is 6.54 Å². The predicted octanol–water partition coefficient (Wildman–Crippen LogP) is 4.05. The number of aromatic nitrogens is 3. The third-order valence-corrected chi connectivity index (χ3v) is 5.19. The summed E-state index contributed by atoms with van der Waals surface area (Å²) in [6.45, 7) is 6.92. The molecule has 1 unspecified atom stereocenters. The van der Waals surface area contributed by atoms with Crippen molar-refractivity contribution in [2.45, 2.75) is 19.5 Å². The highest BCUT2D eigenvalue weighted by atomic mass is 35.5. The lowest BCUT2D eigenvalue weighted by Gasteiger charge is -2.22. The molecule has 3 aromatic rings. The number of hydrogen-bond donors (Lipinski definition) is 1. The van der Waals surface area contributed by atoms with Crippen molar-refractivity contribution in [3.63, 3.8) is 0 Å². The minimum Gasteiger partial charge on any atom is -0.306 e. The van der Waals surface area contributed by atoms with Crippen molar-refractivity contribution in [1.29, 1.82) is 0 Å². The maximum Gasteiger partial charge on any atom is 0.195 e. The number of hydrogen-bond acceptors (Lipinski definition) is 5. The van der Waals surface area contributed by atoms with Gasteiger partial charge in [0, 0.05) is 22.7 Å². The van der Waals surface area contributed by atoms with Crippen LogP contribution in [0.25, 0.3) is 5.69 Å². The van der Waals surface area contributed by atoms with E-state index < -0.39 is 0 Å². The van der Waals surface area contributed by atoms with Gasteiger partial charge in [-0.3, -0.25) is 14.3 Å². The minimum atomic E-state index is -0.102. The fraction of sp³-hybridized carbons (Fsp3) is 0.261. The molecule has 156 valence electrons. The number of rotatable bonds is 9. The van der Waals surface area contributed by atoms with Gasteiger partial charge in [0.25, 0.3) is 0 Å². The molecular weight excluding hydrogens is 398 g/mol. The van der Waals surface area contributed by atoms with E-state index in [4.69, 9.17) is 11.6 Å². The Morgan fingerprint density at radius 1 is 1.23 bits per heavy atom. The van der Waals surface area contributed by atoms with E-state index in [1.807, 2.05) is 42.9 Å². The van der Waals surface area contributed by atoms with Crippen molar-refractivity contribution in [1.82, 2.24) is 25.0 Å². The molecule has 0 saturated heterocycles. The molecule has 0 saturated carbocycles. The van der Waals surface area contributed by atoms with E-state index in [1.54, 1.807) is 30.3 Å². The standard InChI is InChI=1S/C23H26ClN5O/c1-5-13-25-15-21-26-27-23(16(2)28(3)4)29(21)20-12-11-18(24)14-19(20)22(30)17-9-7-6-8-10-17/h5-12,14,16,25H,1,13,15H2,2-4H3. The van der Waals surface area contributed by atoms with Gasteiger partial charge in [0.1, 0.15) is 0 Å². The normalized spacial score (nSPS) is 12.2. The highest BCUT2D eigenvalue weighted by Crippen LogP contribution is 2.27. The Morgan fingerprint density at radius 3 is 2.63 bits per heavy atom. The van der Waals surface area contributed by atoms with Gasteiger partial charge in [0.15, 0.2) is 17.4 Å². The fourth-order valence-corrected chi connectivity index (χ4v) is 3.30. The van der Waals surface area contributed by atoms with Gasteiger partial charge >= 0.3 is 0 Å². The average Bonchev–Trinajstić information content (AvgIpc) is 3.17. The summed E-state index contributed by atoms with van der Waals surface area (Å²) in [6.07, 6.45) is 1.79. The molecule has 1 heterocycles. The zero-order valence-corrected chi connectivity index (χ0v) is 18.2. The quantitative estimate of drug-likeness (QED) is 0.319. The Kier molecular flexibility index (Phi) is 7.15. The molecule has 2 aromatic carbocycles. The van der Waals surface area contributed by atoms with Gasteiger partial charge in [-0.15, -0.1) is 16.8 Å². The summed E-state index contributed by atoms with van der Waals surface area (Å²) in [6, 6.07) is 14.5. The first-order valence-electron chi connectivity index (χ1n) is 9.76. The van der Waals surface area contributed by atoms with Gasteiger partial charge in [-0.05, 0) is 39.2 Å². The number of benzene rings is 2. The third kappa shape index (κ3) is 4.67. The van der Waals surface area contributed by atoms with Crippen molar-refractivity contribution in [3.05, 3.63) is 89.0 Å². The molecule has 30 heavy (non-hydrogen) atoms. The Hall–Kier alpha value is -2.80. The average molecular weight is 424 g/mol. The van der Waals surface area contributed by atoms with Crippen molar-refractivity contribution in [2.75, 3.05) is 20.6 Å². The molecule has 3 rings (SSSR count). The molecular formula is C23H26ClN5O. The van der Waals surface area contributed by atoms with E-state index >= 15 is 0 Å². The van der Waals surface area contributed by atoms with E-state index in [0.717, 1.165) is 5.82 Å². The topological polar surface area (TPSA) is 63.1 Å². The molecule has 0 bridgehead atoms. The lowest BCUT2D eigenvalue weighted by molar-refractivity contribution is 0.103. The summed E-state index contributed by atoms with van der Waals surface area (Å²) in [4.78, 5) is 15.4. The molecule has 0 amide bonds. The molecule has 1 N–H and O–H groups in total. The van der Waals surface area contributed by atoms with Crippen LogP contribution < -0.4 is 5.32 Å². The van der Waals surface area contributed by atoms with E-state index in [2.05, 4.69) is 33.9 Å². The maximum atomic E-state index is 13.3. The van der Waals surface area contributed by atoms with E-state index in [0.29, 0.717) is 40.8 Å². The van der Waals surface area contributed by atoms with Crippen LogP contribution in [0.4, 0.5) is 0 Å². The van der Waals surface area contributed by atoms with E-state index in [1.165, 1.54) is 0 Å². The maximum absolute atomic E-state index is 13.3. The number of carbonyl (C=O) groups excluding carboxylic acids is 1. The van der Waals surface area contributed by atoms with Gasteiger partial charge in [-0.2, -0.15) is 0 Å². The van der Waals surface area contributed by atoms with Crippen LogP contribution in [0.3, 0.4) is 0 Å². The van der Waals surface area contributed by atoms with Crippen LogP contribution in [0, 0.1) is 0 Å². The number of carbonyl (C=O) groups is 1. The van der Waals surface area contributed by atoms with Crippen molar-refractivity contribution < 1.29 is 4.79 Å². The van der Waals surface area contributed by atoms with Crippen molar-refractivity contribution >= 4 is 17.4 Å². The minimum absolute atomic E-state index is 0.0130. The zero-order valence-electron chi connectivity index (χ0n) is 17.5. The van der Waals surface area contributed by atoms with Crippen LogP contribution in [0.2, 0.25) is 5.02 Å². The van der Waals surface area contributed by atoms with E-state index in [-0.39, 0.29) is 11.8 Å². The van der Waals surface area contributed by atoms with Gasteiger partial charge < -0.3 is 5.32 Å². The van der Waals surface area contributed by atoms with Gasteiger partial charge in [-0.1, -0.05) is 48.0 Å². The number of halogens is 1. The summed E-state index contributed by atoms with van der Waals surface area (Å²) >= 11 is 6.28. The SMILES string of the molecule is C=CCNCc1nnc(C(C)N(C)C)n1-c1ccc(Cl)cc1C(=O)c1ccccc1. The molecule has 6 nitrogen and oxygen atoms in total. The number of nitrogens with one attached hydrogen (secondary N) is 1. The van der Waals surface area contributed by atoms with Crippen LogP contribution in [0.5, 0.6) is 0 Å². The number of nitrogens with zero attached hydrogens (tertiary/aromatic N) is 4. The molecule has 1 atom stereocenters. The molecule has 0 aliphatic heterocycles. The lowest BCUT2D eigenvalue weighted by Crippen LogP contribution is -2.23. The lowest BCUT2D eigenvalue weighted by atomic mass is 10.0. The molecule has 0 spiro atoms. The van der Waals surface area contributed by atoms with Crippen LogP contribution in [0.15, 0.2) is 61.2 Å². The predicted molar refractivity (Wildman–Crippen MR) is 120 cm³/mol. The Labute approximate surface area is 182 Å². The van der Waals surface area contributed by atoms with Crippen molar-refractivity contribution in [2.24, 2.45) is 0 Å². The molecule has 0 fully saturated rings. The Morgan fingerprint density at radius 2 is 1.97 bits per heavy atom. The van der Waals surface area contributed by atoms with Crippen LogP contribution in [0.1, 0.15) is 40.5 Å². The molecule has 7 heteroatoms. The largest absolute Gasteiger partial charge is 0.306 e. The molecule has 0 aliphatic carbocycles. The van der Waals surface area contributed by atoms with Crippen LogP contribution in [-0.4, -0.2) is 46.1 Å². The summed E-state index contributed by atoms with van der Waals surface area (Å²) in [7, 11) is 3.97. The Balaban J connectivity index is 2.17. The molecule has 0 aliphatic rings. The highest BCUT2D eigenvalue weighted by molar-refractivity contribution is 6.31. The van der Waals surface area contributed by atoms with E-state index in [9.17, 15) is 4.79 Å². The second-order valence-corrected chi connectivity index (χ2v) is 7.66. The van der Waals surface area contributed by atoms with Gasteiger partial charge in [0.05, 0.1) is 18.3 Å². The smallest absolute Gasteiger partial charge is 0.195 e. The molecule has 1 aromatic heterocycles. The summed E-state index contributed by atoms with van der Waals surface area (Å²) in [5.41, 5.74) is 1.81. The number of ketones is 1. The summed E-state index contributed by atoms with van der Waals surface area (Å²) < 4.78 is 1.95. The van der Waals surface area contributed by atoms with Crippen LogP contribution >= 0.6 is 11.6 Å². The first-order chi connectivity index (χ1) is 14.4. The molecule has 0 radical (unpaired) electrons. The summed E-state index contributed by atoms with van der Waals surface area (Å²) in [5.74, 6) is 1.36. The first-order valence-corrected chi connectivity index (χ1v) is 10.1. The monoisotopic (exact) mass is 423 g/mol. The van der Waals surface area contributed by atoms with Gasteiger partial charge in [-0.25, -0.2) is 0 Å². The highest BCUT2D eigenvalue weighted by Gasteiger charge is 2.24. The third-order valence-electron chi connectivity index (χ3n) is 4.96.